The van der Waals surface area contributed by atoms with Gasteiger partial charge < -0.3 is 20.6 Å². The Bertz CT molecular complexity index is 1890. The third-order valence-corrected chi connectivity index (χ3v) is 10.0. The zero-order valence-corrected chi connectivity index (χ0v) is 27.6. The van der Waals surface area contributed by atoms with Crippen molar-refractivity contribution in [2.45, 2.75) is 29.2 Å². The second kappa shape index (κ2) is 14.7. The van der Waals surface area contributed by atoms with Crippen molar-refractivity contribution in [3.05, 3.63) is 88.9 Å². The molecule has 244 valence electrons. The molecule has 2 amide bonds. The lowest BCUT2D eigenvalue weighted by Crippen LogP contribution is -2.71. The molecular weight excluding hydrogens is 677 g/mol. The lowest BCUT2D eigenvalue weighted by atomic mass is 10.0. The lowest BCUT2D eigenvalue weighted by Gasteiger charge is -2.49. The van der Waals surface area contributed by atoms with E-state index in [1.807, 2.05) is 60.7 Å². The number of thioether (sulfide) groups is 2. The molecule has 1 unspecified atom stereocenters. The number of hydrogen-bond donors (Lipinski definition) is 2. The number of carbonyl (C=O) groups is 3. The largest absolute Gasteiger partial charge is 0.448 e. The van der Waals surface area contributed by atoms with Gasteiger partial charge in [0.25, 0.3) is 11.8 Å². The monoisotopic (exact) mass is 702 g/mol. The number of nitrogen functional groups attached to an aromatic ring is 1. The van der Waals surface area contributed by atoms with E-state index in [2.05, 4.69) is 41.3 Å². The standard InChI is InChI=1S/C30H26N10O5S3/c1-3-14-39-30(34-37-38-39)47-16-19-15-46-27-21(32-25(41)20(35-44-2)24-33-29(31)48-36-24)26(42)40(27)22(19)28(43)45-23(17-10-6-4-7-11-17)18-12-8-5-9-13-18/h1,4-13,21,23,27H,14-16H2,2H3,(H,32,41)(H2,31,33,36)/t21?,27-/m1/s1. The molecule has 2 aliphatic rings. The van der Waals surface area contributed by atoms with Crippen molar-refractivity contribution in [1.29, 1.82) is 0 Å². The smallest absolute Gasteiger partial charge is 0.356 e. The lowest BCUT2D eigenvalue weighted by molar-refractivity contribution is -0.154. The van der Waals surface area contributed by atoms with Gasteiger partial charge >= 0.3 is 5.97 Å². The third-order valence-electron chi connectivity index (χ3n) is 7.12. The summed E-state index contributed by atoms with van der Waals surface area (Å²) in [5.41, 5.74) is 7.67. The highest BCUT2D eigenvalue weighted by Gasteiger charge is 2.55. The Morgan fingerprint density at radius 1 is 1.19 bits per heavy atom. The van der Waals surface area contributed by atoms with Gasteiger partial charge in [-0.3, -0.25) is 14.5 Å². The van der Waals surface area contributed by atoms with E-state index in [0.29, 0.717) is 16.5 Å². The molecule has 0 aliphatic carbocycles. The van der Waals surface area contributed by atoms with Crippen LogP contribution < -0.4 is 11.1 Å². The molecule has 1 fully saturated rings. The highest BCUT2D eigenvalue weighted by molar-refractivity contribution is 8.01. The highest BCUT2D eigenvalue weighted by atomic mass is 32.2. The number of anilines is 1. The number of nitrogens with zero attached hydrogens (tertiary/aromatic N) is 8. The van der Waals surface area contributed by atoms with Crippen LogP contribution in [0.4, 0.5) is 5.13 Å². The molecule has 1 saturated heterocycles. The molecule has 2 aromatic heterocycles. The summed E-state index contributed by atoms with van der Waals surface area (Å²) in [4.78, 5) is 51.5. The van der Waals surface area contributed by atoms with Gasteiger partial charge in [-0.05, 0) is 27.1 Å². The fourth-order valence-electron chi connectivity index (χ4n) is 4.98. The van der Waals surface area contributed by atoms with Crippen molar-refractivity contribution in [3.8, 4) is 12.3 Å². The second-order valence-corrected chi connectivity index (χ2v) is 12.9. The second-order valence-electron chi connectivity index (χ2n) is 10.1. The van der Waals surface area contributed by atoms with Crippen molar-refractivity contribution in [2.24, 2.45) is 5.16 Å². The number of oxime groups is 1. The number of amides is 2. The van der Waals surface area contributed by atoms with Crippen molar-refractivity contribution in [1.82, 2.24) is 39.8 Å². The molecule has 0 bridgehead atoms. The summed E-state index contributed by atoms with van der Waals surface area (Å²) in [6.07, 6.45) is 4.70. The minimum atomic E-state index is -0.987. The number of esters is 1. The number of β-lactam (4-membered cyclic amide) rings is 1. The number of aromatic nitrogens is 6. The van der Waals surface area contributed by atoms with E-state index in [9.17, 15) is 14.4 Å². The Balaban J connectivity index is 1.29. The number of rotatable bonds is 12. The van der Waals surface area contributed by atoms with E-state index < -0.39 is 35.3 Å². The zero-order valence-electron chi connectivity index (χ0n) is 25.1. The van der Waals surface area contributed by atoms with Gasteiger partial charge in [0.15, 0.2) is 11.2 Å². The van der Waals surface area contributed by atoms with Gasteiger partial charge in [-0.1, -0.05) is 83.5 Å². The maximum Gasteiger partial charge on any atom is 0.356 e. The van der Waals surface area contributed by atoms with Crippen molar-refractivity contribution in [3.63, 3.8) is 0 Å². The van der Waals surface area contributed by atoms with Crippen LogP contribution in [0.2, 0.25) is 0 Å². The number of ether oxygens (including phenoxy) is 1. The minimum absolute atomic E-state index is 0.0414. The summed E-state index contributed by atoms with van der Waals surface area (Å²) in [7, 11) is 1.27. The van der Waals surface area contributed by atoms with Gasteiger partial charge in [0, 0.05) is 23.0 Å². The van der Waals surface area contributed by atoms with Gasteiger partial charge in [-0.2, -0.15) is 9.36 Å². The van der Waals surface area contributed by atoms with Crippen LogP contribution in [0.5, 0.6) is 0 Å². The molecular formula is C30H26N10O5S3. The Kier molecular flexibility index (Phi) is 9.99. The van der Waals surface area contributed by atoms with Gasteiger partial charge in [0.05, 0.1) is 0 Å². The molecule has 2 aliphatic heterocycles. The molecule has 0 radical (unpaired) electrons. The number of benzene rings is 2. The van der Waals surface area contributed by atoms with Crippen molar-refractivity contribution < 1.29 is 24.0 Å². The van der Waals surface area contributed by atoms with Crippen LogP contribution in [0.3, 0.4) is 0 Å². The number of terminal acetylenes is 1. The van der Waals surface area contributed by atoms with Crippen molar-refractivity contribution in [2.75, 3.05) is 24.3 Å². The van der Waals surface area contributed by atoms with E-state index in [-0.39, 0.29) is 34.7 Å². The average Bonchev–Trinajstić information content (AvgIpc) is 3.75. The first-order valence-corrected chi connectivity index (χ1v) is 17.0. The number of tetrazole rings is 1. The quantitative estimate of drug-likeness (QED) is 0.0544. The first kappa shape index (κ1) is 32.7. The fraction of sp³-hybridized carbons (Fsp3) is 0.233. The molecule has 6 rings (SSSR count). The Morgan fingerprint density at radius 2 is 1.90 bits per heavy atom. The van der Waals surface area contributed by atoms with Crippen LogP contribution in [0.1, 0.15) is 23.1 Å². The van der Waals surface area contributed by atoms with Crippen LogP contribution in [-0.2, 0) is 30.5 Å². The van der Waals surface area contributed by atoms with Gasteiger partial charge in [-0.15, -0.1) is 23.3 Å². The SMILES string of the molecule is C#CCn1nnnc1SCC1=C(C(=O)OC(c2ccccc2)c2ccccc2)N2C(=O)C(NC(=O)C(=NOC)c3nsc(N)n3)[C@H]2SC1. The summed E-state index contributed by atoms with van der Waals surface area (Å²) in [6.45, 7) is 0.166. The zero-order chi connectivity index (χ0) is 33.6. The number of fused-ring (bicyclic) bond motifs is 1. The van der Waals surface area contributed by atoms with E-state index >= 15 is 0 Å². The molecule has 3 N–H and O–H groups in total. The van der Waals surface area contributed by atoms with E-state index in [4.69, 9.17) is 21.7 Å². The first-order chi connectivity index (χ1) is 23.4. The number of carbonyl (C=O) groups excluding carboxylic acids is 3. The fourth-order valence-corrected chi connectivity index (χ4v) is 7.78. The summed E-state index contributed by atoms with van der Waals surface area (Å²) in [5.74, 6) is 1.13. The van der Waals surface area contributed by atoms with Gasteiger partial charge in [0.2, 0.25) is 16.7 Å². The molecule has 4 heterocycles. The maximum atomic E-state index is 14.2. The molecule has 15 nitrogen and oxygen atoms in total. The topological polar surface area (TPSA) is 193 Å². The van der Waals surface area contributed by atoms with Crippen LogP contribution in [-0.4, -0.2) is 88.0 Å². The van der Waals surface area contributed by atoms with Crippen molar-refractivity contribution >= 4 is 63.7 Å². The summed E-state index contributed by atoms with van der Waals surface area (Å²) in [6, 6.07) is 17.7. The Labute approximate surface area is 286 Å². The number of nitrogens with one attached hydrogen (secondary N) is 1. The summed E-state index contributed by atoms with van der Waals surface area (Å²) >= 11 is 3.54. The maximum absolute atomic E-state index is 14.2. The van der Waals surface area contributed by atoms with Crippen LogP contribution in [0.15, 0.2) is 82.2 Å². The summed E-state index contributed by atoms with van der Waals surface area (Å²) < 4.78 is 11.7. The first-order valence-electron chi connectivity index (χ1n) is 14.2. The van der Waals surface area contributed by atoms with E-state index in [1.165, 1.54) is 40.2 Å². The molecule has 48 heavy (non-hydrogen) atoms. The average molecular weight is 703 g/mol. The Hall–Kier alpha value is -5.25. The van der Waals surface area contributed by atoms with Crippen LogP contribution in [0, 0.1) is 12.3 Å². The van der Waals surface area contributed by atoms with Crippen LogP contribution in [0.25, 0.3) is 0 Å². The molecule has 0 spiro atoms. The summed E-state index contributed by atoms with van der Waals surface area (Å²) in [5, 5.41) is 18.1. The predicted molar refractivity (Wildman–Crippen MR) is 178 cm³/mol. The Morgan fingerprint density at radius 3 is 2.52 bits per heavy atom. The van der Waals surface area contributed by atoms with E-state index in [1.54, 1.807) is 0 Å². The molecule has 0 saturated carbocycles. The molecule has 2 aromatic carbocycles. The number of nitrogens with two attached hydrogens (primary N) is 1. The molecule has 2 atom stereocenters. The van der Waals surface area contributed by atoms with Gasteiger partial charge in [-0.25, -0.2) is 9.48 Å². The third kappa shape index (κ3) is 6.74. The van der Waals surface area contributed by atoms with Crippen LogP contribution >= 0.6 is 35.1 Å². The van der Waals surface area contributed by atoms with E-state index in [0.717, 1.165) is 22.7 Å². The molecule has 18 heteroatoms. The van der Waals surface area contributed by atoms with Gasteiger partial charge in [0.1, 0.15) is 30.8 Å². The minimum Gasteiger partial charge on any atom is -0.448 e. The highest BCUT2D eigenvalue weighted by Crippen LogP contribution is 2.42. The molecule has 4 aromatic rings. The number of hydrogen-bond acceptors (Lipinski definition) is 15. The predicted octanol–water partition coefficient (Wildman–Crippen LogP) is 1.87. The normalized spacial score (nSPS) is 17.4.